The predicted octanol–water partition coefficient (Wildman–Crippen LogP) is 3.63. The van der Waals surface area contributed by atoms with Crippen molar-refractivity contribution in [3.63, 3.8) is 0 Å². The largest absolute Gasteiger partial charge is 0.507 e. The first kappa shape index (κ1) is 24.1. The van der Waals surface area contributed by atoms with Gasteiger partial charge in [-0.2, -0.15) is 0 Å². The highest BCUT2D eigenvalue weighted by Crippen LogP contribution is 2.39. The van der Waals surface area contributed by atoms with Crippen molar-refractivity contribution in [1.82, 2.24) is 9.80 Å². The number of carbonyl (C=O) groups excluding carboxylic acids is 2. The Morgan fingerprint density at radius 2 is 1.67 bits per heavy atom. The third-order valence-electron chi connectivity index (χ3n) is 5.33. The SMILES string of the molecule is C=CCOc1ccc(C(O)=C2C(=O)C(=O)N(CCN(C)C)[C@H]2c2ccc(OCC)cc2)cc1. The fraction of sp³-hybridized carbons (Fsp3) is 0.308. The molecule has 7 nitrogen and oxygen atoms in total. The predicted molar refractivity (Wildman–Crippen MR) is 127 cm³/mol. The second-order valence-corrected chi connectivity index (χ2v) is 7.92. The van der Waals surface area contributed by atoms with Crippen LogP contribution in [0, 0.1) is 0 Å². The standard InChI is InChI=1S/C26H30N2O5/c1-5-17-33-21-13-9-19(10-14-21)24(29)22-23(18-7-11-20(12-8-18)32-6-2)28(16-15-27(3)4)26(31)25(22)30/h5,7-14,23,29H,1,6,15-17H2,2-4H3/t23-/m0/s1. The van der Waals surface area contributed by atoms with Crippen LogP contribution < -0.4 is 9.47 Å². The summed E-state index contributed by atoms with van der Waals surface area (Å²) in [4.78, 5) is 29.5. The molecule has 1 aliphatic heterocycles. The molecule has 1 aliphatic rings. The lowest BCUT2D eigenvalue weighted by molar-refractivity contribution is -0.140. The molecule has 1 saturated heterocycles. The van der Waals surface area contributed by atoms with E-state index in [1.165, 1.54) is 4.90 Å². The van der Waals surface area contributed by atoms with E-state index in [0.29, 0.717) is 43.4 Å². The average molecular weight is 451 g/mol. The number of likely N-dealkylation sites (tertiary alicyclic amines) is 1. The van der Waals surface area contributed by atoms with Crippen LogP contribution in [0.15, 0.2) is 66.8 Å². The lowest BCUT2D eigenvalue weighted by atomic mass is 9.95. The zero-order valence-corrected chi connectivity index (χ0v) is 19.3. The Kier molecular flexibility index (Phi) is 7.90. The van der Waals surface area contributed by atoms with Crippen molar-refractivity contribution in [3.05, 3.63) is 77.9 Å². The quantitative estimate of drug-likeness (QED) is 0.258. The van der Waals surface area contributed by atoms with Crippen LogP contribution in [0.3, 0.4) is 0 Å². The number of rotatable bonds is 10. The van der Waals surface area contributed by atoms with Crippen molar-refractivity contribution in [2.75, 3.05) is 40.4 Å². The van der Waals surface area contributed by atoms with Gasteiger partial charge in [-0.15, -0.1) is 0 Å². The molecular formula is C26H30N2O5. The molecule has 2 aromatic rings. The summed E-state index contributed by atoms with van der Waals surface area (Å²) in [6, 6.07) is 13.3. The topological polar surface area (TPSA) is 79.3 Å². The number of ether oxygens (including phenoxy) is 2. The van der Waals surface area contributed by atoms with E-state index in [1.54, 1.807) is 42.5 Å². The number of hydrogen-bond acceptors (Lipinski definition) is 6. The fourth-order valence-electron chi connectivity index (χ4n) is 3.70. The van der Waals surface area contributed by atoms with E-state index >= 15 is 0 Å². The van der Waals surface area contributed by atoms with Gasteiger partial charge in [-0.25, -0.2) is 0 Å². The van der Waals surface area contributed by atoms with Crippen LogP contribution in [0.25, 0.3) is 5.76 Å². The monoisotopic (exact) mass is 450 g/mol. The molecular weight excluding hydrogens is 420 g/mol. The van der Waals surface area contributed by atoms with E-state index in [1.807, 2.05) is 38.1 Å². The molecule has 33 heavy (non-hydrogen) atoms. The van der Waals surface area contributed by atoms with Gasteiger partial charge < -0.3 is 24.4 Å². The first-order valence-corrected chi connectivity index (χ1v) is 10.9. The van der Waals surface area contributed by atoms with Crippen LogP contribution in [0.5, 0.6) is 11.5 Å². The van der Waals surface area contributed by atoms with Gasteiger partial charge >= 0.3 is 0 Å². The maximum Gasteiger partial charge on any atom is 0.295 e. The average Bonchev–Trinajstić information content (AvgIpc) is 3.06. The van der Waals surface area contributed by atoms with Gasteiger partial charge in [0.1, 0.15) is 23.9 Å². The third-order valence-corrected chi connectivity index (χ3v) is 5.33. The minimum atomic E-state index is -0.697. The zero-order chi connectivity index (χ0) is 24.0. The zero-order valence-electron chi connectivity index (χ0n) is 19.3. The number of benzene rings is 2. The highest BCUT2D eigenvalue weighted by atomic mass is 16.5. The minimum absolute atomic E-state index is 0.0719. The lowest BCUT2D eigenvalue weighted by Gasteiger charge is -2.26. The summed E-state index contributed by atoms with van der Waals surface area (Å²) in [6.45, 7) is 7.34. The Balaban J connectivity index is 2.04. The number of carbonyl (C=O) groups is 2. The smallest absolute Gasteiger partial charge is 0.295 e. The van der Waals surface area contributed by atoms with Crippen molar-refractivity contribution in [2.45, 2.75) is 13.0 Å². The molecule has 0 radical (unpaired) electrons. The van der Waals surface area contributed by atoms with Crippen molar-refractivity contribution < 1.29 is 24.2 Å². The molecule has 0 aliphatic carbocycles. The Bertz CT molecular complexity index is 1030. The number of hydrogen-bond donors (Lipinski definition) is 1. The van der Waals surface area contributed by atoms with Gasteiger partial charge in [-0.3, -0.25) is 9.59 Å². The highest BCUT2D eigenvalue weighted by Gasteiger charge is 2.45. The normalized spacial score (nSPS) is 17.5. The van der Waals surface area contributed by atoms with Crippen molar-refractivity contribution in [1.29, 1.82) is 0 Å². The molecule has 0 unspecified atom stereocenters. The van der Waals surface area contributed by atoms with E-state index in [4.69, 9.17) is 9.47 Å². The number of likely N-dealkylation sites (N-methyl/N-ethyl adjacent to an activating group) is 1. The summed E-state index contributed by atoms with van der Waals surface area (Å²) >= 11 is 0. The fourth-order valence-corrected chi connectivity index (χ4v) is 3.70. The number of Topliss-reactive ketones (excluding diaryl/α,β-unsaturated/α-hetero) is 1. The van der Waals surface area contributed by atoms with Gasteiger partial charge in [0, 0.05) is 18.7 Å². The molecule has 0 aromatic heterocycles. The van der Waals surface area contributed by atoms with Gasteiger partial charge in [0.05, 0.1) is 18.2 Å². The van der Waals surface area contributed by atoms with E-state index < -0.39 is 17.7 Å². The number of nitrogens with zero attached hydrogens (tertiary/aromatic N) is 2. The molecule has 0 bridgehead atoms. The first-order chi connectivity index (χ1) is 15.9. The van der Waals surface area contributed by atoms with Crippen LogP contribution >= 0.6 is 0 Å². The number of aliphatic hydroxyl groups is 1. The molecule has 1 heterocycles. The van der Waals surface area contributed by atoms with E-state index in [2.05, 4.69) is 6.58 Å². The highest BCUT2D eigenvalue weighted by molar-refractivity contribution is 6.46. The lowest BCUT2D eigenvalue weighted by Crippen LogP contribution is -2.35. The Morgan fingerprint density at radius 3 is 2.24 bits per heavy atom. The summed E-state index contributed by atoms with van der Waals surface area (Å²) in [5, 5.41) is 11.1. The number of aliphatic hydroxyl groups excluding tert-OH is 1. The van der Waals surface area contributed by atoms with Gasteiger partial charge in [-0.1, -0.05) is 24.8 Å². The second-order valence-electron chi connectivity index (χ2n) is 7.92. The van der Waals surface area contributed by atoms with Crippen LogP contribution in [0.4, 0.5) is 0 Å². The molecule has 174 valence electrons. The molecule has 2 aromatic carbocycles. The molecule has 3 rings (SSSR count). The summed E-state index contributed by atoms with van der Waals surface area (Å²) in [5.74, 6) is -0.224. The Labute approximate surface area is 194 Å². The summed E-state index contributed by atoms with van der Waals surface area (Å²) in [7, 11) is 3.80. The molecule has 7 heteroatoms. The van der Waals surface area contributed by atoms with E-state index in [-0.39, 0.29) is 11.3 Å². The molecule has 1 atom stereocenters. The molecule has 1 amide bonds. The number of amides is 1. The van der Waals surface area contributed by atoms with Gasteiger partial charge in [0.2, 0.25) is 0 Å². The summed E-state index contributed by atoms with van der Waals surface area (Å²) in [5.41, 5.74) is 1.23. The van der Waals surface area contributed by atoms with E-state index in [0.717, 1.165) is 5.56 Å². The Morgan fingerprint density at radius 1 is 1.06 bits per heavy atom. The summed E-state index contributed by atoms with van der Waals surface area (Å²) in [6.07, 6.45) is 1.64. The van der Waals surface area contributed by atoms with Crippen LogP contribution in [0.2, 0.25) is 0 Å². The van der Waals surface area contributed by atoms with Crippen LogP contribution in [-0.2, 0) is 9.59 Å². The maximum atomic E-state index is 13.1. The van der Waals surface area contributed by atoms with Crippen LogP contribution in [0.1, 0.15) is 24.1 Å². The third kappa shape index (κ3) is 5.43. The molecule has 0 saturated carbocycles. The van der Waals surface area contributed by atoms with Crippen molar-refractivity contribution >= 4 is 17.4 Å². The Hall–Kier alpha value is -3.58. The first-order valence-electron chi connectivity index (χ1n) is 10.9. The second kappa shape index (κ2) is 10.8. The molecule has 0 spiro atoms. The van der Waals surface area contributed by atoms with Gasteiger partial charge in [0.15, 0.2) is 0 Å². The number of ketones is 1. The maximum absolute atomic E-state index is 13.1. The molecule has 1 N–H and O–H groups in total. The molecule has 1 fully saturated rings. The van der Waals surface area contributed by atoms with Gasteiger partial charge in [0.25, 0.3) is 11.7 Å². The van der Waals surface area contributed by atoms with Crippen LogP contribution in [-0.4, -0.2) is 67.0 Å². The van der Waals surface area contributed by atoms with Crippen molar-refractivity contribution in [2.24, 2.45) is 0 Å². The minimum Gasteiger partial charge on any atom is -0.507 e. The van der Waals surface area contributed by atoms with Gasteiger partial charge in [-0.05, 0) is 63.0 Å². The summed E-state index contributed by atoms with van der Waals surface area (Å²) < 4.78 is 11.0. The van der Waals surface area contributed by atoms with E-state index in [9.17, 15) is 14.7 Å². The van der Waals surface area contributed by atoms with Crippen molar-refractivity contribution in [3.8, 4) is 11.5 Å².